The maximum absolute atomic E-state index is 2.79. The van der Waals surface area contributed by atoms with Gasteiger partial charge in [0.25, 0.3) is 0 Å². The summed E-state index contributed by atoms with van der Waals surface area (Å²) in [5.41, 5.74) is -1.05. The molecule has 0 nitrogen and oxygen atoms in total. The molecule has 0 spiro atoms. The lowest BCUT2D eigenvalue weighted by Crippen LogP contribution is -2.77. The molecule has 40 heavy (non-hydrogen) atoms. The Hall–Kier alpha value is 19.7. The van der Waals surface area contributed by atoms with Gasteiger partial charge in [0, 0.05) is 5.92 Å². The summed E-state index contributed by atoms with van der Waals surface area (Å²) in [5, 5.41) is 0. The van der Waals surface area contributed by atoms with Gasteiger partial charge in [0.1, 0.15) is -5.08 Å². The molecule has 0 N–H and O–H groups in total. The maximum atomic E-state index is 2.79. The van der Waals surface area contributed by atoms with Crippen molar-refractivity contribution in [3.63, 3.8) is 0 Å². The predicted molar refractivity (Wildman–Crippen MR) is 414 cm³/mol. The van der Waals surface area contributed by atoms with E-state index in [0.717, 1.165) is 0 Å². The standard InChI is InChI=1S/C13I27/c14-5(15,16)2(6(17,18)19,7(20,21)22)1(3(8(23,24)25,9(26,27)28)10(29,30)31)4(11(32,33)34,12(35,36)37)13(38,39)40. The van der Waals surface area contributed by atoms with Crippen LogP contribution < -0.4 is 0 Å². The Morgan fingerprint density at radius 2 is 0.250 bits per heavy atom. The van der Waals surface area contributed by atoms with Crippen LogP contribution in [-0.4, -0.2) is -5.08 Å². The fraction of sp³-hybridized carbons (Fsp3) is 0.923. The van der Waals surface area contributed by atoms with E-state index in [0.29, 0.717) is 0 Å². The fourth-order valence-corrected chi connectivity index (χ4v) is 74.5. The van der Waals surface area contributed by atoms with E-state index in [-0.39, 0.29) is 11.2 Å². The number of halogens is 27. The summed E-state index contributed by atoms with van der Waals surface area (Å²) in [6.07, 6.45) is 0. The molecule has 0 atom stereocenters. The van der Waals surface area contributed by atoms with E-state index in [2.05, 4.69) is 610 Å². The maximum Gasteiger partial charge on any atom is 0.136 e. The van der Waals surface area contributed by atoms with Crippen molar-refractivity contribution < 1.29 is 0 Å². The lowest BCUT2D eigenvalue weighted by atomic mass is 9.56. The highest BCUT2D eigenvalue weighted by Gasteiger charge is 2.90. The number of hydrogen-bond acceptors (Lipinski definition) is 0. The number of rotatable bonds is 12. The molecule has 0 aromatic carbocycles. The van der Waals surface area contributed by atoms with Crippen molar-refractivity contribution in [1.29, 1.82) is 0 Å². The SMILES string of the molecule is IC(I)(I)C([C](C(C(I)(I)I)(C(I)(I)I)C(I)(I)I)C(C(I)(I)I)(C(I)(I)I)C(I)(I)I)(C(I)(I)I)C(I)(I)I. The number of hydrogen-bond donors (Lipinski definition) is 0. The first-order valence-corrected chi connectivity index (χ1v) is 37.2. The van der Waals surface area contributed by atoms with Crippen LogP contribution >= 0.6 is 610 Å². The van der Waals surface area contributed by atoms with E-state index in [1.165, 1.54) is 0 Å². The fourth-order valence-electron chi connectivity index (χ4n) is 3.57. The Morgan fingerprint density at radius 1 is 0.175 bits per heavy atom. The van der Waals surface area contributed by atoms with Crippen LogP contribution in [0, 0.1) is 22.2 Å². The zero-order chi connectivity index (χ0) is 33.6. The third kappa shape index (κ3) is 13.2. The Kier molecular flexibility index (Phi) is 32.5. The van der Waals surface area contributed by atoms with E-state index in [4.69, 9.17) is 0 Å². The van der Waals surface area contributed by atoms with Crippen LogP contribution in [0.5, 0.6) is 0 Å². The highest BCUT2D eigenvalue weighted by molar-refractivity contribution is 14.3. The van der Waals surface area contributed by atoms with Gasteiger partial charge in [-0.3, -0.25) is 0 Å². The minimum Gasteiger partial charge on any atom is -0.0545 e. The minimum absolute atomic E-state index is 0.210. The quantitative estimate of drug-likeness (QED) is 0.135. The van der Waals surface area contributed by atoms with Crippen molar-refractivity contribution in [2.45, 2.75) is -5.08 Å². The molecule has 0 rings (SSSR count). The molecule has 27 heteroatoms. The van der Waals surface area contributed by atoms with Crippen molar-refractivity contribution in [3.05, 3.63) is 5.92 Å². The van der Waals surface area contributed by atoms with Gasteiger partial charge >= 0.3 is 0 Å². The molecule has 0 aliphatic heterocycles. The minimum atomic E-state index is -0.351. The first kappa shape index (κ1) is 59.7. The van der Waals surface area contributed by atoms with Crippen LogP contribution in [0.4, 0.5) is 0 Å². The summed E-state index contributed by atoms with van der Waals surface area (Å²) in [4.78, 5) is 0. The monoisotopic (exact) mass is 3580 g/mol. The van der Waals surface area contributed by atoms with Gasteiger partial charge in [-0.25, -0.2) is 0 Å². The van der Waals surface area contributed by atoms with E-state index in [1.807, 2.05) is 0 Å². The van der Waals surface area contributed by atoms with Crippen LogP contribution in [0.15, 0.2) is 0 Å². The Bertz CT molecular complexity index is 652. The third-order valence-corrected chi connectivity index (χ3v) is 26.8. The molecule has 0 saturated heterocycles. The molecular weight excluding hydrogens is 3580 g/mol. The lowest BCUT2D eigenvalue weighted by molar-refractivity contribution is 0.176. The molecule has 0 unspecified atom stereocenters. The molecule has 0 amide bonds. The second-order valence-corrected chi connectivity index (χ2v) is 107. The van der Waals surface area contributed by atoms with Crippen molar-refractivity contribution in [1.82, 2.24) is 0 Å². The second kappa shape index (κ2) is 21.8. The van der Waals surface area contributed by atoms with E-state index in [9.17, 15) is 0 Å². The van der Waals surface area contributed by atoms with Gasteiger partial charge in [0.05, 0.1) is 16.2 Å². The van der Waals surface area contributed by atoms with Gasteiger partial charge in [0.2, 0.25) is 0 Å². The smallest absolute Gasteiger partial charge is 0.0545 e. The second-order valence-electron chi connectivity index (χ2n) is 7.10. The van der Waals surface area contributed by atoms with Crippen LogP contribution in [0.2, 0.25) is 0 Å². The molecule has 0 bridgehead atoms. The van der Waals surface area contributed by atoms with Crippen LogP contribution in [0.25, 0.3) is 0 Å². The summed E-state index contributed by atoms with van der Waals surface area (Å²) in [6.45, 7) is 0. The van der Waals surface area contributed by atoms with Crippen LogP contribution in [0.1, 0.15) is 0 Å². The molecular formula is C13I27. The normalized spacial score (nSPS) is 17.1. The zero-order valence-corrected chi connectivity index (χ0v) is 75.0. The molecule has 1 radical (unpaired) electrons. The predicted octanol–water partition coefficient (Wildman–Crippen LogP) is 22.1. The molecule has 241 valence electrons. The van der Waals surface area contributed by atoms with E-state index in [1.54, 1.807) is 5.92 Å². The largest absolute Gasteiger partial charge is 0.136 e. The van der Waals surface area contributed by atoms with Gasteiger partial charge < -0.3 is 0 Å². The molecule has 0 saturated carbocycles. The average Bonchev–Trinajstić information content (AvgIpc) is 2.41. The summed E-state index contributed by atoms with van der Waals surface area (Å²) in [7, 11) is 0. The van der Waals surface area contributed by atoms with Crippen LogP contribution in [-0.2, 0) is 0 Å². The molecule has 0 heterocycles. The first-order valence-electron chi connectivity index (χ1n) is 8.10. The third-order valence-electron chi connectivity index (χ3n) is 4.95. The highest BCUT2D eigenvalue weighted by atomic mass is 127. The van der Waals surface area contributed by atoms with Gasteiger partial charge in [-0.05, 0) is 0 Å². The van der Waals surface area contributed by atoms with Crippen LogP contribution in [0.3, 0.4) is 0 Å². The van der Waals surface area contributed by atoms with Crippen molar-refractivity contribution >= 4 is 610 Å². The van der Waals surface area contributed by atoms with E-state index >= 15 is 0 Å². The number of alkyl halides is 27. The zero-order valence-electron chi connectivity index (χ0n) is 16.7. The Morgan fingerprint density at radius 3 is 0.300 bits per heavy atom. The van der Waals surface area contributed by atoms with E-state index < -0.39 is 0 Å². The summed E-state index contributed by atoms with van der Waals surface area (Å²) in [6, 6.07) is 0. The first-order chi connectivity index (χ1) is 16.6. The van der Waals surface area contributed by atoms with Crippen molar-refractivity contribution in [2.24, 2.45) is 16.2 Å². The Labute approximate surface area is 605 Å². The Balaban J connectivity index is 10.1. The van der Waals surface area contributed by atoms with Gasteiger partial charge in [-0.1, -0.05) is 610 Å². The van der Waals surface area contributed by atoms with Gasteiger partial charge in [-0.15, -0.1) is 0 Å². The average molecular weight is 3580 g/mol. The highest BCUT2D eigenvalue weighted by Crippen LogP contribution is 2.93. The summed E-state index contributed by atoms with van der Waals surface area (Å²) in [5.74, 6) is 1.63. The topological polar surface area (TPSA) is 0 Å². The van der Waals surface area contributed by atoms with Crippen molar-refractivity contribution in [2.75, 3.05) is 0 Å². The van der Waals surface area contributed by atoms with Gasteiger partial charge in [0.15, 0.2) is 0 Å². The molecule has 0 fully saturated rings. The van der Waals surface area contributed by atoms with Crippen molar-refractivity contribution in [3.8, 4) is 0 Å². The van der Waals surface area contributed by atoms with Gasteiger partial charge in [-0.2, -0.15) is 0 Å². The molecule has 0 aliphatic carbocycles. The molecule has 0 aromatic heterocycles. The summed E-state index contributed by atoms with van der Waals surface area (Å²) < 4.78 is -1.89. The molecule has 0 aromatic rings. The lowest BCUT2D eigenvalue weighted by Gasteiger charge is -2.73. The molecule has 0 aliphatic rings. The summed E-state index contributed by atoms with van der Waals surface area (Å²) >= 11 is 75.2.